The van der Waals surface area contributed by atoms with E-state index < -0.39 is 117 Å². The first-order valence-electron chi connectivity index (χ1n) is 17.0. The molecule has 0 heterocycles. The molecular formula is C32H38F6N2O13S8. The maximum absolute atomic E-state index is 13.4. The summed E-state index contributed by atoms with van der Waals surface area (Å²) in [5.41, 5.74) is -10.7. The molecule has 15 nitrogen and oxygen atoms in total. The average molecular weight is 1030 g/mol. The van der Waals surface area contributed by atoms with Gasteiger partial charge in [-0.25, -0.2) is 33.7 Å². The number of hydrogen-bond acceptors (Lipinski definition) is 17. The SMILES string of the molecule is CC(CCCOCC(C)(SC(=S)c1ccccc1)C(=O)OCCCS(=O)(=O)NS(=O)(=O)C(F)(F)F)(SC(=S)c1ccccc1)C(=O)OCCCS(=O)(=O)NS(=O)(=O)C(F)(F)F. The van der Waals surface area contributed by atoms with Crippen molar-refractivity contribution in [1.29, 1.82) is 0 Å². The van der Waals surface area contributed by atoms with E-state index >= 15 is 0 Å². The summed E-state index contributed by atoms with van der Waals surface area (Å²) in [5, 5.41) is 0. The van der Waals surface area contributed by atoms with Crippen LogP contribution in [0.5, 0.6) is 0 Å². The molecule has 0 saturated carbocycles. The van der Waals surface area contributed by atoms with Gasteiger partial charge < -0.3 is 14.2 Å². The molecule has 0 aliphatic rings. The molecule has 0 radical (unpaired) electrons. The summed E-state index contributed by atoms with van der Waals surface area (Å²) in [6.45, 7) is 0.966. The zero-order valence-corrected chi connectivity index (χ0v) is 38.2. The van der Waals surface area contributed by atoms with Crippen LogP contribution in [-0.4, -0.2) is 112 Å². The topological polar surface area (TPSA) is 222 Å². The maximum atomic E-state index is 13.4. The third kappa shape index (κ3) is 17.9. The fourth-order valence-electron chi connectivity index (χ4n) is 4.42. The van der Waals surface area contributed by atoms with Gasteiger partial charge in [-0.2, -0.15) is 26.3 Å². The van der Waals surface area contributed by atoms with Crippen LogP contribution >= 0.6 is 48.0 Å². The van der Waals surface area contributed by atoms with E-state index in [2.05, 4.69) is 0 Å². The number of carbonyl (C=O) groups is 2. The number of ether oxygens (including phenoxy) is 3. The quantitative estimate of drug-likeness (QED) is 0.0616. The van der Waals surface area contributed by atoms with Crippen LogP contribution < -0.4 is 8.25 Å². The van der Waals surface area contributed by atoms with Crippen molar-refractivity contribution in [3.8, 4) is 0 Å². The standard InChI is InChI=1S/C32H38F6N2O13S8/c1-29(56-25(54)23-12-5-3-6-13-23,27(41)52-18-10-20-58(43,44)39-60(47,48)31(33,34)35)16-9-17-51-22-30(2,57-26(55)24-14-7-4-8-15-24)28(42)53-19-11-21-59(45,46)40-61(49,50)32(36,37)38/h3-8,12-15,39-40H,9-11,16-22H2,1-2H3. The number of carbonyl (C=O) groups excluding carboxylic acids is 2. The van der Waals surface area contributed by atoms with Gasteiger partial charge in [-0.15, -0.1) is 8.25 Å². The highest BCUT2D eigenvalue weighted by atomic mass is 32.3. The van der Waals surface area contributed by atoms with Gasteiger partial charge in [0.1, 0.15) is 9.49 Å². The van der Waals surface area contributed by atoms with Crippen molar-refractivity contribution in [2.75, 3.05) is 37.9 Å². The Morgan fingerprint density at radius 2 is 0.951 bits per heavy atom. The average Bonchev–Trinajstić information content (AvgIpc) is 3.13. The summed E-state index contributed by atoms with van der Waals surface area (Å²) in [7, 11) is -22.5. The third-order valence-electron chi connectivity index (χ3n) is 7.50. The lowest BCUT2D eigenvalue weighted by Gasteiger charge is -2.28. The summed E-state index contributed by atoms with van der Waals surface area (Å²) in [6.07, 6.45) is -1.15. The summed E-state index contributed by atoms with van der Waals surface area (Å²) in [5.74, 6) is -4.22. The maximum Gasteiger partial charge on any atom is 0.512 e. The lowest BCUT2D eigenvalue weighted by atomic mass is 10.1. The molecule has 2 aromatic rings. The largest absolute Gasteiger partial charge is 0.512 e. The molecule has 2 aromatic carbocycles. The Bertz CT molecular complexity index is 2140. The van der Waals surface area contributed by atoms with Crippen LogP contribution in [0.4, 0.5) is 26.3 Å². The molecular weight excluding hydrogens is 991 g/mol. The number of thioether (sulfide) groups is 2. The van der Waals surface area contributed by atoms with Gasteiger partial charge in [0.2, 0.25) is 20.0 Å². The molecule has 61 heavy (non-hydrogen) atoms. The lowest BCUT2D eigenvalue weighted by molar-refractivity contribution is -0.147. The second-order valence-electron chi connectivity index (χ2n) is 12.8. The van der Waals surface area contributed by atoms with Crippen molar-refractivity contribution in [2.45, 2.75) is 60.0 Å². The van der Waals surface area contributed by atoms with Crippen LogP contribution in [0.3, 0.4) is 0 Å². The van der Waals surface area contributed by atoms with E-state index in [1.807, 2.05) is 0 Å². The van der Waals surface area contributed by atoms with E-state index in [-0.39, 0.29) is 27.8 Å². The van der Waals surface area contributed by atoms with Gasteiger partial charge in [0.25, 0.3) is 0 Å². The minimum absolute atomic E-state index is 0.0313. The Morgan fingerprint density at radius 1 is 0.590 bits per heavy atom. The van der Waals surface area contributed by atoms with Crippen molar-refractivity contribution < 1.29 is 83.8 Å². The van der Waals surface area contributed by atoms with Gasteiger partial charge in [-0.05, 0) is 50.7 Å². The number of sulfonamides is 4. The Labute approximate surface area is 368 Å². The van der Waals surface area contributed by atoms with Crippen LogP contribution in [0.2, 0.25) is 0 Å². The number of alkyl halides is 6. The summed E-state index contributed by atoms with van der Waals surface area (Å²) < 4.78 is 183. The van der Waals surface area contributed by atoms with Gasteiger partial charge in [-0.3, -0.25) is 9.59 Å². The fraction of sp³-hybridized carbons (Fsp3) is 0.500. The lowest BCUT2D eigenvalue weighted by Crippen LogP contribution is -2.42. The molecule has 29 heteroatoms. The number of rotatable bonds is 24. The predicted octanol–water partition coefficient (Wildman–Crippen LogP) is 4.92. The van der Waals surface area contributed by atoms with Crippen molar-refractivity contribution in [3.05, 3.63) is 71.8 Å². The molecule has 0 bridgehead atoms. The minimum Gasteiger partial charge on any atom is -0.465 e. The molecule has 0 spiro atoms. The van der Waals surface area contributed by atoms with Gasteiger partial charge in [0, 0.05) is 6.61 Å². The normalized spacial score (nSPS) is 15.0. The van der Waals surface area contributed by atoms with Crippen LogP contribution in [0, 0.1) is 0 Å². The highest BCUT2D eigenvalue weighted by Gasteiger charge is 2.49. The van der Waals surface area contributed by atoms with Crippen LogP contribution in [0.1, 0.15) is 50.7 Å². The molecule has 2 rings (SSSR count). The first-order valence-corrected chi connectivity index (χ1v) is 25.7. The second kappa shape index (κ2) is 22.4. The summed E-state index contributed by atoms with van der Waals surface area (Å²) in [4.78, 5) is 26.8. The molecule has 0 amide bonds. The second-order valence-corrected chi connectivity index (χ2v) is 24.7. The Kier molecular flexibility index (Phi) is 20.1. The van der Waals surface area contributed by atoms with E-state index in [9.17, 15) is 69.6 Å². The molecule has 344 valence electrons. The molecule has 0 aliphatic carbocycles. The molecule has 0 aromatic heterocycles. The third-order valence-corrected chi connectivity index (χ3v) is 17.5. The smallest absolute Gasteiger partial charge is 0.465 e. The summed E-state index contributed by atoms with van der Waals surface area (Å²) >= 11 is 12.8. The van der Waals surface area contributed by atoms with Crippen molar-refractivity contribution in [1.82, 2.24) is 8.25 Å². The van der Waals surface area contributed by atoms with Crippen molar-refractivity contribution in [2.24, 2.45) is 0 Å². The van der Waals surface area contributed by atoms with Crippen LogP contribution in [0.15, 0.2) is 60.7 Å². The minimum atomic E-state index is -6.22. The highest BCUT2D eigenvalue weighted by Crippen LogP contribution is 2.36. The fourth-order valence-corrected chi connectivity index (χ4v) is 12.9. The first kappa shape index (κ1) is 54.7. The number of nitrogens with one attached hydrogen (secondary N) is 2. The zero-order chi connectivity index (χ0) is 46.6. The van der Waals surface area contributed by atoms with E-state index in [4.69, 9.17) is 38.6 Å². The molecule has 2 N–H and O–H groups in total. The van der Waals surface area contributed by atoms with Gasteiger partial charge in [0.05, 0.1) is 39.7 Å². The number of benzene rings is 2. The van der Waals surface area contributed by atoms with Crippen molar-refractivity contribution in [3.63, 3.8) is 0 Å². The van der Waals surface area contributed by atoms with Crippen LogP contribution in [-0.2, 0) is 63.9 Å². The molecule has 0 saturated heterocycles. The monoisotopic (exact) mass is 1030 g/mol. The Balaban J connectivity index is 2.14. The number of thiocarbonyl (C=S) groups is 2. The van der Waals surface area contributed by atoms with E-state index in [0.29, 0.717) is 19.4 Å². The first-order chi connectivity index (χ1) is 27.9. The molecule has 2 atom stereocenters. The number of hydrogen-bond donors (Lipinski definition) is 2. The van der Waals surface area contributed by atoms with E-state index in [0.717, 1.165) is 23.5 Å². The van der Waals surface area contributed by atoms with Crippen molar-refractivity contribution >= 4 is 108 Å². The number of esters is 2. The Morgan fingerprint density at radius 3 is 1.33 bits per heavy atom. The van der Waals surface area contributed by atoms with Gasteiger partial charge >= 0.3 is 43.0 Å². The predicted molar refractivity (Wildman–Crippen MR) is 223 cm³/mol. The van der Waals surface area contributed by atoms with E-state index in [1.165, 1.54) is 13.8 Å². The molecule has 0 fully saturated rings. The highest BCUT2D eigenvalue weighted by molar-refractivity contribution is 8.25. The number of halogens is 6. The van der Waals surface area contributed by atoms with Gasteiger partial charge in [0.15, 0.2) is 0 Å². The molecule has 2 unspecified atom stereocenters. The van der Waals surface area contributed by atoms with Crippen LogP contribution in [0.25, 0.3) is 0 Å². The van der Waals surface area contributed by atoms with E-state index in [1.54, 1.807) is 60.7 Å². The molecule has 0 aliphatic heterocycles. The zero-order valence-electron chi connectivity index (χ0n) is 31.7. The van der Waals surface area contributed by atoms with Gasteiger partial charge in [-0.1, -0.05) is 109 Å². The summed E-state index contributed by atoms with van der Waals surface area (Å²) in [6, 6.07) is 16.8. The Hall–Kier alpha value is -2.48.